The van der Waals surface area contributed by atoms with Gasteiger partial charge in [-0.25, -0.2) is 4.98 Å². The quantitative estimate of drug-likeness (QED) is 0.604. The highest BCUT2D eigenvalue weighted by Gasteiger charge is 2.22. The molecule has 54 valence electrons. The number of aromatic nitrogens is 1. The van der Waals surface area contributed by atoms with E-state index in [4.69, 9.17) is 0 Å². The Morgan fingerprint density at radius 1 is 1.80 bits per heavy atom. The summed E-state index contributed by atoms with van der Waals surface area (Å²) in [4.78, 5) is 5.90. The van der Waals surface area contributed by atoms with E-state index in [9.17, 15) is 0 Å². The molecule has 0 bridgehead atoms. The third-order valence-corrected chi connectivity index (χ3v) is 3.18. The lowest BCUT2D eigenvalue weighted by Gasteiger charge is -2.01. The molecule has 1 aliphatic rings. The second kappa shape index (κ2) is 2.35. The van der Waals surface area contributed by atoms with Crippen LogP contribution >= 0.6 is 11.3 Å². The molecule has 1 unspecified atom stereocenters. The molecule has 0 aliphatic heterocycles. The van der Waals surface area contributed by atoms with Crippen molar-refractivity contribution in [1.82, 2.24) is 4.98 Å². The van der Waals surface area contributed by atoms with Gasteiger partial charge in [0.15, 0.2) is 0 Å². The van der Waals surface area contributed by atoms with Crippen molar-refractivity contribution in [2.75, 3.05) is 0 Å². The molecule has 10 heavy (non-hydrogen) atoms. The van der Waals surface area contributed by atoms with Crippen LogP contribution in [0.1, 0.15) is 36.3 Å². The van der Waals surface area contributed by atoms with Crippen LogP contribution in [-0.4, -0.2) is 4.98 Å². The Kier molecular flexibility index (Phi) is 1.49. The standard InChI is InChI=1S/C8H11NS/c1-2-6-3-4-7-8(6)9-5-10-7/h5-6H,2-4H2,1H3. The highest BCUT2D eigenvalue weighted by Crippen LogP contribution is 2.36. The maximum absolute atomic E-state index is 4.37. The Morgan fingerprint density at radius 2 is 2.70 bits per heavy atom. The molecule has 1 nitrogen and oxygen atoms in total. The summed E-state index contributed by atoms with van der Waals surface area (Å²) in [6.45, 7) is 2.25. The fourth-order valence-corrected chi connectivity index (χ4v) is 2.51. The first-order valence-corrected chi connectivity index (χ1v) is 4.72. The van der Waals surface area contributed by atoms with Crippen LogP contribution in [0.25, 0.3) is 0 Å². The van der Waals surface area contributed by atoms with Crippen LogP contribution in [0.15, 0.2) is 5.51 Å². The zero-order valence-electron chi connectivity index (χ0n) is 6.13. The molecule has 1 aromatic rings. The van der Waals surface area contributed by atoms with Crippen LogP contribution in [-0.2, 0) is 6.42 Å². The number of nitrogens with zero attached hydrogens (tertiary/aromatic N) is 1. The topological polar surface area (TPSA) is 12.9 Å². The Bertz CT molecular complexity index is 229. The lowest BCUT2D eigenvalue weighted by Crippen LogP contribution is -1.90. The number of hydrogen-bond donors (Lipinski definition) is 0. The van der Waals surface area contributed by atoms with E-state index in [0.717, 1.165) is 5.92 Å². The van der Waals surface area contributed by atoms with Gasteiger partial charge in [0.25, 0.3) is 0 Å². The van der Waals surface area contributed by atoms with E-state index in [1.54, 1.807) is 0 Å². The van der Waals surface area contributed by atoms with E-state index in [1.807, 2.05) is 16.8 Å². The van der Waals surface area contributed by atoms with Gasteiger partial charge in [-0.15, -0.1) is 11.3 Å². The molecule has 1 heterocycles. The van der Waals surface area contributed by atoms with Crippen molar-refractivity contribution >= 4 is 11.3 Å². The molecule has 1 aromatic heterocycles. The second-order valence-electron chi connectivity index (χ2n) is 2.80. The molecule has 1 atom stereocenters. The van der Waals surface area contributed by atoms with E-state index in [2.05, 4.69) is 11.9 Å². The minimum atomic E-state index is 0.779. The average molecular weight is 153 g/mol. The van der Waals surface area contributed by atoms with E-state index < -0.39 is 0 Å². The molecule has 0 aromatic carbocycles. The number of hydrogen-bond acceptors (Lipinski definition) is 2. The number of fused-ring (bicyclic) bond motifs is 1. The van der Waals surface area contributed by atoms with E-state index in [1.165, 1.54) is 29.8 Å². The third kappa shape index (κ3) is 0.788. The zero-order valence-corrected chi connectivity index (χ0v) is 6.95. The SMILES string of the molecule is CCC1CCc2scnc21. The highest BCUT2D eigenvalue weighted by molar-refractivity contribution is 7.09. The number of aryl methyl sites for hydroxylation is 1. The minimum absolute atomic E-state index is 0.779. The van der Waals surface area contributed by atoms with Crippen LogP contribution in [0.4, 0.5) is 0 Å². The normalized spacial score (nSPS) is 23.1. The van der Waals surface area contributed by atoms with Crippen LogP contribution in [0.5, 0.6) is 0 Å². The van der Waals surface area contributed by atoms with Gasteiger partial charge in [-0.2, -0.15) is 0 Å². The van der Waals surface area contributed by atoms with Gasteiger partial charge in [0.05, 0.1) is 11.2 Å². The second-order valence-corrected chi connectivity index (χ2v) is 3.74. The van der Waals surface area contributed by atoms with Crippen molar-refractivity contribution in [1.29, 1.82) is 0 Å². The number of rotatable bonds is 1. The molecule has 0 spiro atoms. The average Bonchev–Trinajstić information content (AvgIpc) is 2.44. The van der Waals surface area contributed by atoms with E-state index in [-0.39, 0.29) is 0 Å². The van der Waals surface area contributed by atoms with Crippen LogP contribution in [0, 0.1) is 0 Å². The molecule has 2 heteroatoms. The van der Waals surface area contributed by atoms with Crippen molar-refractivity contribution in [2.24, 2.45) is 0 Å². The van der Waals surface area contributed by atoms with Crippen molar-refractivity contribution in [2.45, 2.75) is 32.1 Å². The Hall–Kier alpha value is -0.370. The first-order valence-electron chi connectivity index (χ1n) is 3.84. The molecule has 0 amide bonds. The summed E-state index contributed by atoms with van der Waals surface area (Å²) in [7, 11) is 0. The first kappa shape index (κ1) is 6.35. The largest absolute Gasteiger partial charge is 0.249 e. The van der Waals surface area contributed by atoms with Crippen LogP contribution in [0.2, 0.25) is 0 Å². The molecule has 0 saturated heterocycles. The Labute approximate surface area is 65.1 Å². The summed E-state index contributed by atoms with van der Waals surface area (Å²) >= 11 is 1.82. The molecular weight excluding hydrogens is 142 g/mol. The van der Waals surface area contributed by atoms with Crippen molar-refractivity contribution < 1.29 is 0 Å². The van der Waals surface area contributed by atoms with Crippen molar-refractivity contribution in [3.63, 3.8) is 0 Å². The fraction of sp³-hybridized carbons (Fsp3) is 0.625. The maximum Gasteiger partial charge on any atom is 0.0797 e. The Balaban J connectivity index is 2.34. The molecule has 0 saturated carbocycles. The van der Waals surface area contributed by atoms with Gasteiger partial charge in [0.2, 0.25) is 0 Å². The molecule has 0 fully saturated rings. The van der Waals surface area contributed by atoms with E-state index in [0.29, 0.717) is 0 Å². The monoisotopic (exact) mass is 153 g/mol. The molecule has 2 rings (SSSR count). The van der Waals surface area contributed by atoms with Gasteiger partial charge >= 0.3 is 0 Å². The van der Waals surface area contributed by atoms with Gasteiger partial charge < -0.3 is 0 Å². The zero-order chi connectivity index (χ0) is 6.97. The third-order valence-electron chi connectivity index (χ3n) is 2.27. The van der Waals surface area contributed by atoms with Gasteiger partial charge in [-0.1, -0.05) is 6.92 Å². The maximum atomic E-state index is 4.37. The molecule has 0 N–H and O–H groups in total. The van der Waals surface area contributed by atoms with E-state index >= 15 is 0 Å². The molecular formula is C8H11NS. The van der Waals surface area contributed by atoms with Gasteiger partial charge in [-0.3, -0.25) is 0 Å². The first-order chi connectivity index (χ1) is 4.92. The van der Waals surface area contributed by atoms with Crippen LogP contribution < -0.4 is 0 Å². The van der Waals surface area contributed by atoms with Crippen molar-refractivity contribution in [3.05, 3.63) is 16.1 Å². The predicted octanol–water partition coefficient (Wildman–Crippen LogP) is 2.58. The van der Waals surface area contributed by atoms with Gasteiger partial charge in [0, 0.05) is 10.8 Å². The fourth-order valence-electron chi connectivity index (χ4n) is 1.64. The Morgan fingerprint density at radius 3 is 3.50 bits per heavy atom. The summed E-state index contributed by atoms with van der Waals surface area (Å²) in [6.07, 6.45) is 3.88. The minimum Gasteiger partial charge on any atom is -0.249 e. The predicted molar refractivity (Wildman–Crippen MR) is 43.5 cm³/mol. The summed E-state index contributed by atoms with van der Waals surface area (Å²) in [5, 5.41) is 0. The van der Waals surface area contributed by atoms with Crippen molar-refractivity contribution in [3.8, 4) is 0 Å². The number of thiazole rings is 1. The van der Waals surface area contributed by atoms with Crippen LogP contribution in [0.3, 0.4) is 0 Å². The van der Waals surface area contributed by atoms with Gasteiger partial charge in [-0.05, 0) is 19.3 Å². The smallest absolute Gasteiger partial charge is 0.0797 e. The summed E-state index contributed by atoms with van der Waals surface area (Å²) < 4.78 is 0. The summed E-state index contributed by atoms with van der Waals surface area (Å²) in [5.74, 6) is 0.779. The summed E-state index contributed by atoms with van der Waals surface area (Å²) in [6, 6.07) is 0. The lowest BCUT2D eigenvalue weighted by molar-refractivity contribution is 0.643. The highest BCUT2D eigenvalue weighted by atomic mass is 32.1. The molecule has 0 radical (unpaired) electrons. The van der Waals surface area contributed by atoms with Gasteiger partial charge in [0.1, 0.15) is 0 Å². The lowest BCUT2D eigenvalue weighted by atomic mass is 10.1. The summed E-state index contributed by atoms with van der Waals surface area (Å²) in [5.41, 5.74) is 3.37. The molecule has 1 aliphatic carbocycles.